The highest BCUT2D eigenvalue weighted by Crippen LogP contribution is 2.73. The summed E-state index contributed by atoms with van der Waals surface area (Å²) in [5, 5.41) is 0. The molecule has 5 nitrogen and oxygen atoms in total. The molecule has 0 aromatic heterocycles. The summed E-state index contributed by atoms with van der Waals surface area (Å²) in [5.74, 6) is -0.627. The molecule has 0 amide bonds. The Kier molecular flexibility index (Phi) is 10.1. The molecule has 0 unspecified atom stereocenters. The Balaban J connectivity index is 1.48. The zero-order chi connectivity index (χ0) is 36.2. The first-order valence-electron chi connectivity index (χ1n) is 18.2. The van der Waals surface area contributed by atoms with E-state index in [1.165, 1.54) is 48.1 Å². The fraction of sp³-hybridized carbons (Fsp3) is 0.707. The normalized spacial score (nSPS) is 34.1. The Morgan fingerprint density at radius 1 is 0.939 bits per heavy atom. The number of carbonyl (C=O) groups excluding carboxylic acids is 2. The van der Waals surface area contributed by atoms with E-state index in [-0.39, 0.29) is 28.3 Å². The summed E-state index contributed by atoms with van der Waals surface area (Å²) in [6, 6.07) is 7.02. The number of ether oxygens (including phenoxy) is 3. The Morgan fingerprint density at radius 2 is 1.61 bits per heavy atom. The molecule has 0 saturated heterocycles. The van der Waals surface area contributed by atoms with Crippen molar-refractivity contribution in [1.82, 2.24) is 0 Å². The molecular formula is C41H57F3O5. The van der Waals surface area contributed by atoms with Crippen LogP contribution in [0.15, 0.2) is 53.1 Å². The molecule has 0 spiro atoms. The number of allylic oxidation sites excluding steroid dienone is 3. The molecule has 0 aliphatic heterocycles. The van der Waals surface area contributed by atoms with Gasteiger partial charge in [0, 0.05) is 18.1 Å². The Hall–Kier alpha value is -2.61. The molecule has 8 atom stereocenters. The molecule has 0 bridgehead atoms. The Labute approximate surface area is 291 Å². The van der Waals surface area contributed by atoms with Crippen LogP contribution >= 0.6 is 0 Å². The molecule has 8 heteroatoms. The van der Waals surface area contributed by atoms with Gasteiger partial charge in [-0.25, -0.2) is 4.79 Å². The maximum absolute atomic E-state index is 14.7. The maximum Gasteiger partial charge on any atom is 0.432 e. The van der Waals surface area contributed by atoms with Crippen LogP contribution in [0.3, 0.4) is 0 Å². The number of esters is 2. The van der Waals surface area contributed by atoms with E-state index < -0.39 is 34.7 Å². The van der Waals surface area contributed by atoms with Crippen LogP contribution < -0.4 is 0 Å². The number of rotatable bonds is 9. The van der Waals surface area contributed by atoms with Crippen molar-refractivity contribution in [3.05, 3.63) is 58.7 Å². The average Bonchev–Trinajstić information content (AvgIpc) is 3.36. The second-order valence-electron chi connectivity index (χ2n) is 16.8. The molecule has 2 fully saturated rings. The molecule has 4 aliphatic carbocycles. The lowest BCUT2D eigenvalue weighted by Crippen LogP contribution is -2.59. The van der Waals surface area contributed by atoms with E-state index >= 15 is 0 Å². The van der Waals surface area contributed by atoms with Crippen molar-refractivity contribution in [3.8, 4) is 0 Å². The predicted molar refractivity (Wildman–Crippen MR) is 184 cm³/mol. The minimum atomic E-state index is -5.03. The van der Waals surface area contributed by atoms with Crippen LogP contribution in [0.2, 0.25) is 0 Å². The van der Waals surface area contributed by atoms with Gasteiger partial charge >= 0.3 is 18.1 Å². The number of methoxy groups -OCH3 is 2. The average molecular weight is 687 g/mol. The topological polar surface area (TPSA) is 61.8 Å². The lowest BCUT2D eigenvalue weighted by atomic mass is 9.43. The highest BCUT2D eigenvalue weighted by atomic mass is 19.4. The minimum Gasteiger partial charge on any atom is -0.468 e. The quantitative estimate of drug-likeness (QED) is 0.191. The summed E-state index contributed by atoms with van der Waals surface area (Å²) >= 11 is 0. The molecular weight excluding hydrogens is 629 g/mol. The third kappa shape index (κ3) is 5.61. The summed E-state index contributed by atoms with van der Waals surface area (Å²) in [7, 11) is 2.43. The third-order valence-electron chi connectivity index (χ3n) is 14.0. The summed E-state index contributed by atoms with van der Waals surface area (Å²) in [6.07, 6.45) is 4.81. The van der Waals surface area contributed by atoms with Gasteiger partial charge in [0.15, 0.2) is 0 Å². The van der Waals surface area contributed by atoms with Crippen LogP contribution in [-0.2, 0) is 29.4 Å². The molecule has 4 aliphatic rings. The summed E-state index contributed by atoms with van der Waals surface area (Å²) in [4.78, 5) is 27.9. The number of hydrogen-bond donors (Lipinski definition) is 0. The van der Waals surface area contributed by atoms with E-state index in [1.54, 1.807) is 6.07 Å². The maximum atomic E-state index is 14.7. The van der Waals surface area contributed by atoms with Gasteiger partial charge in [-0.1, -0.05) is 87.7 Å². The van der Waals surface area contributed by atoms with Crippen LogP contribution in [0, 0.1) is 39.4 Å². The third-order valence-corrected chi connectivity index (χ3v) is 14.0. The molecule has 1 aromatic rings. The second kappa shape index (κ2) is 13.2. The highest BCUT2D eigenvalue weighted by Gasteiger charge is 2.69. The summed E-state index contributed by atoms with van der Waals surface area (Å²) in [6.45, 7) is 15.3. The monoisotopic (exact) mass is 686 g/mol. The van der Waals surface area contributed by atoms with E-state index in [0.717, 1.165) is 58.5 Å². The van der Waals surface area contributed by atoms with Crippen LogP contribution in [-0.4, -0.2) is 38.4 Å². The molecule has 0 radical (unpaired) electrons. The van der Waals surface area contributed by atoms with Crippen molar-refractivity contribution in [1.29, 1.82) is 0 Å². The van der Waals surface area contributed by atoms with Crippen molar-refractivity contribution in [2.45, 2.75) is 131 Å². The number of halogens is 3. The van der Waals surface area contributed by atoms with Gasteiger partial charge in [-0.3, -0.25) is 4.79 Å². The standard InChI is InChI=1S/C41H57F3O5/c1-26(2)14-13-15-27(3)29-21-25-39(34(45)47-8)31-18-19-32-36(4,5)33(22-23-37(32,6)30(31)20-24-38(29,39)7)49-35(46)40(48-9,41(42,43)44)28-16-11-10-12-17-28/h10-12,14,16-17,27,29,32-33H,13,15,18-25H2,1-9H3/t27-,29-,32+,33+,37-,38-,39+,40-/m1/s1. The van der Waals surface area contributed by atoms with Gasteiger partial charge in [0.25, 0.3) is 5.60 Å². The zero-order valence-corrected chi connectivity index (χ0v) is 31.0. The largest absolute Gasteiger partial charge is 0.468 e. The number of fused-ring (bicyclic) bond motifs is 4. The minimum absolute atomic E-state index is 0.0455. The van der Waals surface area contributed by atoms with Crippen molar-refractivity contribution in [3.63, 3.8) is 0 Å². The Morgan fingerprint density at radius 3 is 2.20 bits per heavy atom. The summed E-state index contributed by atoms with van der Waals surface area (Å²) in [5.41, 5.74) is -1.40. The van der Waals surface area contributed by atoms with Crippen molar-refractivity contribution < 1.29 is 37.0 Å². The first-order chi connectivity index (χ1) is 22.9. The van der Waals surface area contributed by atoms with Crippen LogP contribution in [0.25, 0.3) is 0 Å². The van der Waals surface area contributed by atoms with Gasteiger partial charge in [-0.05, 0) is 107 Å². The summed E-state index contributed by atoms with van der Waals surface area (Å²) < 4.78 is 60.9. The van der Waals surface area contributed by atoms with Gasteiger partial charge in [-0.15, -0.1) is 0 Å². The molecule has 5 rings (SSSR count). The van der Waals surface area contributed by atoms with E-state index in [9.17, 15) is 22.8 Å². The SMILES string of the molecule is COC(=O)[C@@]12CC[C@H]([C@H](C)CCC=C(C)C)[C@@]1(C)CCC1=C2CC[C@H]2C(C)(C)[C@@H](OC(=O)[C@](OC)(c3ccccc3)C(F)(F)F)CC[C@]12C. The number of carbonyl (C=O) groups is 2. The number of hydrogen-bond acceptors (Lipinski definition) is 5. The molecule has 0 N–H and O–H groups in total. The first kappa shape index (κ1) is 37.6. The first-order valence-corrected chi connectivity index (χ1v) is 18.2. The van der Waals surface area contributed by atoms with Crippen molar-refractivity contribution >= 4 is 11.9 Å². The predicted octanol–water partition coefficient (Wildman–Crippen LogP) is 10.3. The number of alkyl halides is 3. The van der Waals surface area contributed by atoms with Gasteiger partial charge in [0.1, 0.15) is 6.10 Å². The highest BCUT2D eigenvalue weighted by molar-refractivity contribution is 5.84. The lowest BCUT2D eigenvalue weighted by Gasteiger charge is -2.62. The molecule has 272 valence electrons. The van der Waals surface area contributed by atoms with Gasteiger partial charge in [0.05, 0.1) is 12.5 Å². The number of benzene rings is 1. The van der Waals surface area contributed by atoms with Crippen LogP contribution in [0.4, 0.5) is 13.2 Å². The smallest absolute Gasteiger partial charge is 0.432 e. The van der Waals surface area contributed by atoms with Crippen molar-refractivity contribution in [2.24, 2.45) is 39.4 Å². The van der Waals surface area contributed by atoms with Crippen LogP contribution in [0.5, 0.6) is 0 Å². The molecule has 0 heterocycles. The van der Waals surface area contributed by atoms with E-state index in [4.69, 9.17) is 14.2 Å². The fourth-order valence-corrected chi connectivity index (χ4v) is 11.5. The fourth-order valence-electron chi connectivity index (χ4n) is 11.5. The zero-order valence-electron chi connectivity index (χ0n) is 31.0. The van der Waals surface area contributed by atoms with Gasteiger partial charge in [0.2, 0.25) is 0 Å². The molecule has 1 aromatic carbocycles. The van der Waals surface area contributed by atoms with E-state index in [1.807, 2.05) is 13.8 Å². The van der Waals surface area contributed by atoms with Gasteiger partial charge < -0.3 is 14.2 Å². The van der Waals surface area contributed by atoms with Gasteiger partial charge in [-0.2, -0.15) is 13.2 Å². The molecule has 49 heavy (non-hydrogen) atoms. The van der Waals surface area contributed by atoms with Crippen molar-refractivity contribution in [2.75, 3.05) is 14.2 Å². The lowest BCUT2D eigenvalue weighted by molar-refractivity contribution is -0.282. The van der Waals surface area contributed by atoms with E-state index in [0.29, 0.717) is 24.7 Å². The van der Waals surface area contributed by atoms with Crippen LogP contribution in [0.1, 0.15) is 118 Å². The van der Waals surface area contributed by atoms with E-state index in [2.05, 4.69) is 40.7 Å². The Bertz CT molecular complexity index is 1480. The second-order valence-corrected chi connectivity index (χ2v) is 16.8. The molecule has 2 saturated carbocycles.